The van der Waals surface area contributed by atoms with Gasteiger partial charge < -0.3 is 25.0 Å². The van der Waals surface area contributed by atoms with Gasteiger partial charge >= 0.3 is 0 Å². The zero-order valence-electron chi connectivity index (χ0n) is 8.36. The summed E-state index contributed by atoms with van der Waals surface area (Å²) < 4.78 is 10.2. The highest BCUT2D eigenvalue weighted by molar-refractivity contribution is 5.54. The van der Waals surface area contributed by atoms with Gasteiger partial charge in [0.25, 0.3) is 0 Å². The molecule has 0 aromatic heterocycles. The van der Waals surface area contributed by atoms with Gasteiger partial charge in [0.15, 0.2) is 11.5 Å². The monoisotopic (exact) mass is 211 g/mol. The van der Waals surface area contributed by atoms with Crippen LogP contribution in [0.15, 0.2) is 12.1 Å². The molecule has 5 nitrogen and oxygen atoms in total. The van der Waals surface area contributed by atoms with Crippen molar-refractivity contribution in [2.45, 2.75) is 6.10 Å². The molecule has 0 amide bonds. The maximum atomic E-state index is 9.71. The van der Waals surface area contributed by atoms with Crippen molar-refractivity contribution in [3.05, 3.63) is 17.7 Å². The lowest BCUT2D eigenvalue weighted by Gasteiger charge is -2.11. The van der Waals surface area contributed by atoms with E-state index in [0.29, 0.717) is 23.6 Å². The van der Waals surface area contributed by atoms with Crippen LogP contribution in [0.2, 0.25) is 0 Å². The van der Waals surface area contributed by atoms with Crippen molar-refractivity contribution < 1.29 is 19.7 Å². The fraction of sp³-hybridized carbons (Fsp3) is 0.400. The van der Waals surface area contributed by atoms with Crippen LogP contribution in [0.1, 0.15) is 11.7 Å². The summed E-state index contributed by atoms with van der Waals surface area (Å²) in [6.45, 7) is 0.521. The molecule has 1 aromatic carbocycles. The van der Waals surface area contributed by atoms with Gasteiger partial charge in [0.05, 0.1) is 6.10 Å². The minimum absolute atomic E-state index is 0.00449. The molecule has 5 heteroatoms. The minimum atomic E-state index is -0.671. The van der Waals surface area contributed by atoms with Crippen molar-refractivity contribution in [2.24, 2.45) is 0 Å². The third kappa shape index (κ3) is 1.84. The second kappa shape index (κ2) is 3.96. The second-order valence-electron chi connectivity index (χ2n) is 3.35. The van der Waals surface area contributed by atoms with Crippen LogP contribution in [-0.4, -0.2) is 30.6 Å². The van der Waals surface area contributed by atoms with Crippen molar-refractivity contribution in [3.63, 3.8) is 0 Å². The first-order valence-electron chi connectivity index (χ1n) is 4.67. The molecule has 3 N–H and O–H groups in total. The number of nitrogens with one attached hydrogen (secondary N) is 1. The summed E-state index contributed by atoms with van der Waals surface area (Å²) in [5.74, 6) is 0.811. The topological polar surface area (TPSA) is 71.0 Å². The number of phenols is 1. The lowest BCUT2D eigenvalue weighted by molar-refractivity contribution is 0.170. The smallest absolute Gasteiger partial charge is 0.231 e. The van der Waals surface area contributed by atoms with E-state index in [4.69, 9.17) is 9.47 Å². The number of aromatic hydroxyl groups is 1. The van der Waals surface area contributed by atoms with Gasteiger partial charge in [0, 0.05) is 6.54 Å². The lowest BCUT2D eigenvalue weighted by atomic mass is 10.1. The maximum Gasteiger partial charge on any atom is 0.231 e. The fourth-order valence-corrected chi connectivity index (χ4v) is 1.52. The standard InChI is InChI=1S/C10H13NO4/c1-11-4-8(13)6-2-7(12)10-9(3-6)14-5-15-10/h2-3,8,11-13H,4-5H2,1H3. The zero-order chi connectivity index (χ0) is 10.8. The molecule has 0 spiro atoms. The summed E-state index contributed by atoms with van der Waals surface area (Å²) >= 11 is 0. The zero-order valence-corrected chi connectivity index (χ0v) is 8.36. The van der Waals surface area contributed by atoms with Gasteiger partial charge in [-0.2, -0.15) is 0 Å². The van der Waals surface area contributed by atoms with Gasteiger partial charge in [-0.3, -0.25) is 0 Å². The molecule has 1 aliphatic heterocycles. The average molecular weight is 211 g/mol. The Labute approximate surface area is 87.3 Å². The summed E-state index contributed by atoms with van der Waals surface area (Å²) in [6.07, 6.45) is -0.671. The van der Waals surface area contributed by atoms with Crippen molar-refractivity contribution in [3.8, 4) is 17.2 Å². The molecule has 1 heterocycles. The van der Waals surface area contributed by atoms with E-state index >= 15 is 0 Å². The largest absolute Gasteiger partial charge is 0.504 e. The molecular formula is C10H13NO4. The predicted molar refractivity (Wildman–Crippen MR) is 53.1 cm³/mol. The molecule has 1 unspecified atom stereocenters. The van der Waals surface area contributed by atoms with Gasteiger partial charge in [-0.1, -0.05) is 0 Å². The summed E-state index contributed by atoms with van der Waals surface area (Å²) in [5, 5.41) is 22.1. The van der Waals surface area contributed by atoms with Crippen molar-refractivity contribution >= 4 is 0 Å². The normalized spacial score (nSPS) is 15.3. The summed E-state index contributed by atoms with van der Waals surface area (Å²) in [7, 11) is 1.75. The number of hydrogen-bond donors (Lipinski definition) is 3. The number of likely N-dealkylation sites (N-methyl/N-ethyl adjacent to an activating group) is 1. The van der Waals surface area contributed by atoms with Crippen molar-refractivity contribution in [2.75, 3.05) is 20.4 Å². The highest BCUT2D eigenvalue weighted by Crippen LogP contribution is 2.42. The first-order valence-corrected chi connectivity index (χ1v) is 4.67. The van der Waals surface area contributed by atoms with Crippen LogP contribution in [-0.2, 0) is 0 Å². The number of aliphatic hydroxyl groups excluding tert-OH is 1. The highest BCUT2D eigenvalue weighted by atomic mass is 16.7. The van der Waals surface area contributed by atoms with Gasteiger partial charge in [0.1, 0.15) is 0 Å². The first-order chi connectivity index (χ1) is 7.22. The molecule has 1 atom stereocenters. The van der Waals surface area contributed by atoms with Gasteiger partial charge in [-0.05, 0) is 24.7 Å². The third-order valence-corrected chi connectivity index (χ3v) is 2.26. The lowest BCUT2D eigenvalue weighted by Crippen LogP contribution is -2.16. The van der Waals surface area contributed by atoms with E-state index in [1.807, 2.05) is 0 Å². The molecular weight excluding hydrogens is 198 g/mol. The summed E-state index contributed by atoms with van der Waals surface area (Å²) in [5.41, 5.74) is 0.603. The molecule has 0 saturated heterocycles. The first kappa shape index (κ1) is 10.1. The Morgan fingerprint density at radius 2 is 2.27 bits per heavy atom. The number of aliphatic hydroxyl groups is 1. The molecule has 1 aromatic rings. The van der Waals surface area contributed by atoms with E-state index in [-0.39, 0.29) is 12.5 Å². The third-order valence-electron chi connectivity index (χ3n) is 2.26. The van der Waals surface area contributed by atoms with Crippen LogP contribution in [0.25, 0.3) is 0 Å². The number of fused-ring (bicyclic) bond motifs is 1. The van der Waals surface area contributed by atoms with Crippen molar-refractivity contribution in [1.29, 1.82) is 0 Å². The van der Waals surface area contributed by atoms with Crippen molar-refractivity contribution in [1.82, 2.24) is 5.32 Å². The molecule has 0 aliphatic carbocycles. The van der Waals surface area contributed by atoms with E-state index < -0.39 is 6.10 Å². The molecule has 2 rings (SSSR count). The number of ether oxygens (including phenoxy) is 2. The van der Waals surface area contributed by atoms with Crippen LogP contribution in [0.4, 0.5) is 0 Å². The Morgan fingerprint density at radius 3 is 3.00 bits per heavy atom. The van der Waals surface area contributed by atoms with Crippen LogP contribution >= 0.6 is 0 Å². The highest BCUT2D eigenvalue weighted by Gasteiger charge is 2.21. The van der Waals surface area contributed by atoms with E-state index in [2.05, 4.69) is 5.32 Å². The van der Waals surface area contributed by atoms with Gasteiger partial charge in [-0.15, -0.1) is 0 Å². The number of rotatable bonds is 3. The Kier molecular flexibility index (Phi) is 2.66. The molecule has 82 valence electrons. The Bertz CT molecular complexity index is 367. The van der Waals surface area contributed by atoms with E-state index in [0.717, 1.165) is 0 Å². The molecule has 0 bridgehead atoms. The summed E-state index contributed by atoms with van der Waals surface area (Å²) in [6, 6.07) is 3.15. The van der Waals surface area contributed by atoms with Gasteiger partial charge in [-0.25, -0.2) is 0 Å². The molecule has 0 fully saturated rings. The SMILES string of the molecule is CNCC(O)c1cc(O)c2c(c1)OCO2. The number of benzene rings is 1. The van der Waals surface area contributed by atoms with E-state index in [9.17, 15) is 10.2 Å². The van der Waals surface area contributed by atoms with E-state index in [1.165, 1.54) is 6.07 Å². The van der Waals surface area contributed by atoms with E-state index in [1.54, 1.807) is 13.1 Å². The molecule has 0 saturated carbocycles. The number of phenolic OH excluding ortho intramolecular Hbond substituents is 1. The van der Waals surface area contributed by atoms with Gasteiger partial charge in [0.2, 0.25) is 12.5 Å². The van der Waals surface area contributed by atoms with Crippen LogP contribution < -0.4 is 14.8 Å². The fourth-order valence-electron chi connectivity index (χ4n) is 1.52. The predicted octanol–water partition coefficient (Wildman–Crippen LogP) is 0.374. The molecule has 1 aliphatic rings. The molecule has 15 heavy (non-hydrogen) atoms. The number of hydrogen-bond acceptors (Lipinski definition) is 5. The average Bonchev–Trinajstić information content (AvgIpc) is 2.66. The second-order valence-corrected chi connectivity index (χ2v) is 3.35. The maximum absolute atomic E-state index is 9.71. The van der Waals surface area contributed by atoms with Crippen LogP contribution in [0.5, 0.6) is 17.2 Å². The molecule has 0 radical (unpaired) electrons. The van der Waals surface area contributed by atoms with Crippen LogP contribution in [0.3, 0.4) is 0 Å². The summed E-state index contributed by atoms with van der Waals surface area (Å²) in [4.78, 5) is 0. The quantitative estimate of drug-likeness (QED) is 0.674. The minimum Gasteiger partial charge on any atom is -0.504 e. The van der Waals surface area contributed by atoms with Crippen LogP contribution in [0, 0.1) is 0 Å². The Balaban J connectivity index is 2.30. The Hall–Kier alpha value is -1.46. The Morgan fingerprint density at radius 1 is 1.47 bits per heavy atom.